The summed E-state index contributed by atoms with van der Waals surface area (Å²) in [4.78, 5) is 0. The van der Waals surface area contributed by atoms with Crippen molar-refractivity contribution in [1.29, 1.82) is 0 Å². The average Bonchev–Trinajstić information content (AvgIpc) is 2.22. The molecule has 0 saturated heterocycles. The van der Waals surface area contributed by atoms with Gasteiger partial charge in [0.2, 0.25) is 0 Å². The molecule has 0 aliphatic rings. The summed E-state index contributed by atoms with van der Waals surface area (Å²) in [7, 11) is 0. The Kier molecular flexibility index (Phi) is 3.10. The second kappa shape index (κ2) is 4.53. The van der Waals surface area contributed by atoms with Crippen molar-refractivity contribution in [2.45, 2.75) is 0 Å². The summed E-state index contributed by atoms with van der Waals surface area (Å²) < 4.78 is 13.8. The topological polar surface area (TPSA) is 38.0 Å². The predicted octanol–water partition coefficient (Wildman–Crippen LogP) is 3.91. The van der Waals surface area contributed by atoms with Gasteiger partial charge in [0, 0.05) is 15.8 Å². The molecule has 0 radical (unpaired) electrons. The van der Waals surface area contributed by atoms with Gasteiger partial charge in [0.25, 0.3) is 0 Å². The minimum atomic E-state index is -0.267. The van der Waals surface area contributed by atoms with Crippen LogP contribution in [-0.2, 0) is 0 Å². The predicted molar refractivity (Wildman–Crippen MR) is 68.2 cm³/mol. The van der Waals surface area contributed by atoms with Crippen LogP contribution in [0.25, 0.3) is 0 Å². The van der Waals surface area contributed by atoms with Crippen LogP contribution in [-0.4, -0.2) is 0 Å². The fraction of sp³-hybridized carbons (Fsp3) is 0. The minimum Gasteiger partial charge on any atom is -0.399 e. The van der Waals surface area contributed by atoms with Gasteiger partial charge in [0.05, 0.1) is 5.69 Å². The smallest absolute Gasteiger partial charge is 0.125 e. The zero-order valence-corrected chi connectivity index (χ0v) is 9.96. The Morgan fingerprint density at radius 1 is 1.12 bits per heavy atom. The highest BCUT2D eigenvalue weighted by Crippen LogP contribution is 2.27. The molecular formula is C12H10BrFN2. The van der Waals surface area contributed by atoms with E-state index in [0.29, 0.717) is 11.4 Å². The Morgan fingerprint density at radius 2 is 1.94 bits per heavy atom. The van der Waals surface area contributed by atoms with E-state index in [0.717, 1.165) is 10.2 Å². The summed E-state index contributed by atoms with van der Waals surface area (Å²) in [6, 6.07) is 11.7. The number of nitrogens with two attached hydrogens (primary N) is 1. The summed E-state index contributed by atoms with van der Waals surface area (Å²) in [6.45, 7) is 0. The van der Waals surface area contributed by atoms with E-state index < -0.39 is 0 Å². The zero-order valence-electron chi connectivity index (χ0n) is 8.37. The molecule has 2 nitrogen and oxygen atoms in total. The number of halogens is 2. The Morgan fingerprint density at radius 3 is 2.62 bits per heavy atom. The van der Waals surface area contributed by atoms with Crippen molar-refractivity contribution in [3.05, 3.63) is 52.8 Å². The number of hydrogen-bond acceptors (Lipinski definition) is 2. The molecule has 0 spiro atoms. The Labute approximate surface area is 101 Å². The molecule has 0 aliphatic carbocycles. The van der Waals surface area contributed by atoms with Crippen molar-refractivity contribution in [3.8, 4) is 0 Å². The third-order valence-electron chi connectivity index (χ3n) is 2.10. The lowest BCUT2D eigenvalue weighted by Crippen LogP contribution is -1.93. The molecule has 2 rings (SSSR count). The molecule has 3 N–H and O–H groups in total. The number of hydrogen-bond donors (Lipinski definition) is 2. The average molecular weight is 281 g/mol. The van der Waals surface area contributed by atoms with Crippen molar-refractivity contribution < 1.29 is 4.39 Å². The molecule has 0 bridgehead atoms. The summed E-state index contributed by atoms with van der Waals surface area (Å²) in [5.41, 5.74) is 7.85. The first-order valence-corrected chi connectivity index (χ1v) is 5.52. The molecule has 0 aromatic heterocycles. The third kappa shape index (κ3) is 2.52. The molecule has 2 aromatic rings. The molecule has 0 heterocycles. The molecule has 16 heavy (non-hydrogen) atoms. The highest BCUT2D eigenvalue weighted by Gasteiger charge is 2.01. The largest absolute Gasteiger partial charge is 0.399 e. The third-order valence-corrected chi connectivity index (χ3v) is 2.75. The standard InChI is InChI=1S/C12H10BrFN2/c13-11-7-9(15)4-5-12(11)16-10-3-1-2-8(14)6-10/h1-7,16H,15H2. The van der Waals surface area contributed by atoms with Crippen LogP contribution < -0.4 is 11.1 Å². The van der Waals surface area contributed by atoms with Crippen LogP contribution in [0.1, 0.15) is 0 Å². The van der Waals surface area contributed by atoms with Crippen LogP contribution in [0.3, 0.4) is 0 Å². The van der Waals surface area contributed by atoms with E-state index in [1.54, 1.807) is 24.3 Å². The van der Waals surface area contributed by atoms with Crippen LogP contribution in [0.2, 0.25) is 0 Å². The van der Waals surface area contributed by atoms with Crippen molar-refractivity contribution in [2.75, 3.05) is 11.1 Å². The number of nitrogen functional groups attached to an aromatic ring is 1. The first-order chi connectivity index (χ1) is 7.65. The van der Waals surface area contributed by atoms with Gasteiger partial charge >= 0.3 is 0 Å². The SMILES string of the molecule is Nc1ccc(Nc2cccc(F)c2)c(Br)c1. The highest BCUT2D eigenvalue weighted by molar-refractivity contribution is 9.10. The first kappa shape index (κ1) is 11.0. The van der Waals surface area contributed by atoms with Gasteiger partial charge in [-0.05, 0) is 52.3 Å². The van der Waals surface area contributed by atoms with Gasteiger partial charge in [0.1, 0.15) is 5.82 Å². The van der Waals surface area contributed by atoms with Crippen LogP contribution in [0.15, 0.2) is 46.9 Å². The van der Waals surface area contributed by atoms with Gasteiger partial charge in [0.15, 0.2) is 0 Å². The Hall–Kier alpha value is -1.55. The van der Waals surface area contributed by atoms with Crippen molar-refractivity contribution >= 4 is 33.0 Å². The number of rotatable bonds is 2. The maximum Gasteiger partial charge on any atom is 0.125 e. The summed E-state index contributed by atoms with van der Waals surface area (Å²) in [5, 5.41) is 3.10. The number of anilines is 3. The van der Waals surface area contributed by atoms with Crippen LogP contribution in [0, 0.1) is 5.82 Å². The summed E-state index contributed by atoms with van der Waals surface area (Å²) >= 11 is 3.39. The van der Waals surface area contributed by atoms with Crippen molar-refractivity contribution in [3.63, 3.8) is 0 Å². The van der Waals surface area contributed by atoms with Crippen LogP contribution >= 0.6 is 15.9 Å². The lowest BCUT2D eigenvalue weighted by molar-refractivity contribution is 0.628. The quantitative estimate of drug-likeness (QED) is 0.819. The second-order valence-corrected chi connectivity index (χ2v) is 4.23. The van der Waals surface area contributed by atoms with Gasteiger partial charge < -0.3 is 11.1 Å². The zero-order chi connectivity index (χ0) is 11.5. The first-order valence-electron chi connectivity index (χ1n) is 4.73. The monoisotopic (exact) mass is 280 g/mol. The van der Waals surface area contributed by atoms with Gasteiger partial charge in [-0.3, -0.25) is 0 Å². The van der Waals surface area contributed by atoms with E-state index in [1.165, 1.54) is 12.1 Å². The van der Waals surface area contributed by atoms with E-state index in [1.807, 2.05) is 6.07 Å². The molecule has 2 aromatic carbocycles. The normalized spacial score (nSPS) is 10.1. The molecule has 4 heteroatoms. The molecule has 0 saturated carbocycles. The molecule has 0 amide bonds. The maximum absolute atomic E-state index is 13.0. The van der Waals surface area contributed by atoms with Gasteiger partial charge in [-0.1, -0.05) is 6.07 Å². The van der Waals surface area contributed by atoms with E-state index in [2.05, 4.69) is 21.2 Å². The van der Waals surface area contributed by atoms with E-state index in [4.69, 9.17) is 5.73 Å². The van der Waals surface area contributed by atoms with Crippen molar-refractivity contribution in [2.24, 2.45) is 0 Å². The lowest BCUT2D eigenvalue weighted by atomic mass is 10.2. The maximum atomic E-state index is 13.0. The van der Waals surface area contributed by atoms with Gasteiger partial charge in [-0.25, -0.2) is 4.39 Å². The fourth-order valence-electron chi connectivity index (χ4n) is 1.35. The molecule has 0 unspecified atom stereocenters. The molecule has 0 atom stereocenters. The van der Waals surface area contributed by atoms with Crippen molar-refractivity contribution in [1.82, 2.24) is 0 Å². The Bertz CT molecular complexity index is 514. The van der Waals surface area contributed by atoms with Gasteiger partial charge in [-0.2, -0.15) is 0 Å². The van der Waals surface area contributed by atoms with Crippen LogP contribution in [0.5, 0.6) is 0 Å². The summed E-state index contributed by atoms with van der Waals surface area (Å²) in [6.07, 6.45) is 0. The molecule has 82 valence electrons. The van der Waals surface area contributed by atoms with E-state index >= 15 is 0 Å². The van der Waals surface area contributed by atoms with Gasteiger partial charge in [-0.15, -0.1) is 0 Å². The molecule has 0 aliphatic heterocycles. The Balaban J connectivity index is 2.27. The lowest BCUT2D eigenvalue weighted by Gasteiger charge is -2.09. The fourth-order valence-corrected chi connectivity index (χ4v) is 1.85. The highest BCUT2D eigenvalue weighted by atomic mass is 79.9. The van der Waals surface area contributed by atoms with Crippen LogP contribution in [0.4, 0.5) is 21.5 Å². The second-order valence-electron chi connectivity index (χ2n) is 3.37. The summed E-state index contributed by atoms with van der Waals surface area (Å²) in [5.74, 6) is -0.267. The number of nitrogens with one attached hydrogen (secondary N) is 1. The number of benzene rings is 2. The molecule has 0 fully saturated rings. The minimum absolute atomic E-state index is 0.267. The van der Waals surface area contributed by atoms with E-state index in [-0.39, 0.29) is 5.82 Å². The molecular weight excluding hydrogens is 271 g/mol. The van der Waals surface area contributed by atoms with E-state index in [9.17, 15) is 4.39 Å².